The van der Waals surface area contributed by atoms with Crippen LogP contribution >= 0.6 is 27.5 Å². The molecule has 94 valence electrons. The van der Waals surface area contributed by atoms with Crippen LogP contribution in [-0.4, -0.2) is 17.8 Å². The van der Waals surface area contributed by atoms with Crippen molar-refractivity contribution in [3.63, 3.8) is 0 Å². The highest BCUT2D eigenvalue weighted by atomic mass is 79.9. The number of alkyl halides is 1. The summed E-state index contributed by atoms with van der Waals surface area (Å²) in [4.78, 5) is 11.9. The summed E-state index contributed by atoms with van der Waals surface area (Å²) in [6.07, 6.45) is 4.46. The molecule has 1 saturated carbocycles. The first-order valence-electron chi connectivity index (χ1n) is 5.83. The summed E-state index contributed by atoms with van der Waals surface area (Å²) in [6, 6.07) is 3.56. The molecule has 3 nitrogen and oxygen atoms in total. The van der Waals surface area contributed by atoms with Gasteiger partial charge in [0.25, 0.3) is 5.91 Å². The summed E-state index contributed by atoms with van der Waals surface area (Å²) < 4.78 is 5.80. The molecule has 1 aliphatic carbocycles. The Morgan fingerprint density at radius 3 is 2.88 bits per heavy atom. The van der Waals surface area contributed by atoms with Crippen LogP contribution in [0.2, 0.25) is 0 Å². The zero-order valence-electron chi connectivity index (χ0n) is 9.42. The summed E-state index contributed by atoms with van der Waals surface area (Å²) in [5.74, 6) is 1.17. The Bertz CT molecular complexity index is 394. The Hall–Kier alpha value is -0.480. The maximum absolute atomic E-state index is 11.9. The van der Waals surface area contributed by atoms with E-state index in [1.165, 1.54) is 6.42 Å². The molecule has 0 spiro atoms. The molecule has 2 rings (SSSR count). The zero-order valence-corrected chi connectivity index (χ0v) is 11.8. The van der Waals surface area contributed by atoms with Gasteiger partial charge in [-0.05, 0) is 46.8 Å². The number of amides is 1. The molecular weight excluding hydrogens is 305 g/mol. The highest BCUT2D eigenvalue weighted by molar-refractivity contribution is 9.10. The van der Waals surface area contributed by atoms with Gasteiger partial charge in [-0.2, -0.15) is 0 Å². The number of hydrogen-bond donors (Lipinski definition) is 1. The lowest BCUT2D eigenvalue weighted by molar-refractivity contribution is 0.0881. The second-order valence-corrected chi connectivity index (χ2v) is 5.47. The Morgan fingerprint density at radius 2 is 2.24 bits per heavy atom. The van der Waals surface area contributed by atoms with E-state index in [1.807, 2.05) is 0 Å². The highest BCUT2D eigenvalue weighted by Crippen LogP contribution is 2.26. The van der Waals surface area contributed by atoms with Crippen LogP contribution in [0.3, 0.4) is 0 Å². The van der Waals surface area contributed by atoms with Crippen LogP contribution in [0.15, 0.2) is 21.2 Å². The van der Waals surface area contributed by atoms with Crippen molar-refractivity contribution in [1.82, 2.24) is 5.32 Å². The number of halogens is 2. The number of carbonyl (C=O) groups excluding carboxylic acids is 1. The fourth-order valence-electron chi connectivity index (χ4n) is 2.26. The van der Waals surface area contributed by atoms with E-state index in [9.17, 15) is 4.79 Å². The van der Waals surface area contributed by atoms with Crippen LogP contribution in [-0.2, 0) is 0 Å². The molecule has 1 amide bonds. The van der Waals surface area contributed by atoms with E-state index in [0.717, 1.165) is 19.3 Å². The minimum atomic E-state index is -0.155. The second kappa shape index (κ2) is 5.91. The first-order valence-corrected chi connectivity index (χ1v) is 7.15. The minimum absolute atomic E-state index is 0.155. The average molecular weight is 321 g/mol. The van der Waals surface area contributed by atoms with Gasteiger partial charge in [0.2, 0.25) is 0 Å². The normalized spacial score (nSPS) is 24.6. The molecule has 0 saturated heterocycles. The van der Waals surface area contributed by atoms with Crippen molar-refractivity contribution in [2.75, 3.05) is 5.88 Å². The van der Waals surface area contributed by atoms with E-state index in [2.05, 4.69) is 21.2 Å². The Kier molecular flexibility index (Phi) is 4.51. The molecule has 1 heterocycles. The van der Waals surface area contributed by atoms with E-state index in [0.29, 0.717) is 22.2 Å². The van der Waals surface area contributed by atoms with Gasteiger partial charge in [-0.25, -0.2) is 0 Å². The maximum atomic E-state index is 11.9. The largest absolute Gasteiger partial charge is 0.444 e. The smallest absolute Gasteiger partial charge is 0.287 e. The summed E-state index contributed by atoms with van der Waals surface area (Å²) in [7, 11) is 0. The molecule has 2 unspecified atom stereocenters. The molecule has 1 aliphatic rings. The lowest BCUT2D eigenvalue weighted by Crippen LogP contribution is -2.42. The minimum Gasteiger partial charge on any atom is -0.444 e. The molecule has 1 aromatic rings. The number of furan rings is 1. The van der Waals surface area contributed by atoms with Gasteiger partial charge in [-0.1, -0.05) is 12.8 Å². The van der Waals surface area contributed by atoms with E-state index < -0.39 is 0 Å². The van der Waals surface area contributed by atoms with Gasteiger partial charge in [0.05, 0.1) is 0 Å². The first-order chi connectivity index (χ1) is 8.20. The van der Waals surface area contributed by atoms with Crippen LogP contribution in [0.5, 0.6) is 0 Å². The van der Waals surface area contributed by atoms with Crippen molar-refractivity contribution < 1.29 is 9.21 Å². The number of carbonyl (C=O) groups is 1. The zero-order chi connectivity index (χ0) is 12.3. The SMILES string of the molecule is O=C(NC1CCCCC1CCl)c1ccc(Br)o1. The van der Waals surface area contributed by atoms with E-state index in [4.69, 9.17) is 16.0 Å². The molecule has 0 aliphatic heterocycles. The van der Waals surface area contributed by atoms with Gasteiger partial charge in [-0.3, -0.25) is 4.79 Å². The van der Waals surface area contributed by atoms with Crippen molar-refractivity contribution >= 4 is 33.4 Å². The quantitative estimate of drug-likeness (QED) is 0.865. The molecule has 2 atom stereocenters. The van der Waals surface area contributed by atoms with Gasteiger partial charge in [0, 0.05) is 11.9 Å². The lowest BCUT2D eigenvalue weighted by atomic mass is 9.86. The molecule has 5 heteroatoms. The fourth-order valence-corrected chi connectivity index (χ4v) is 2.93. The predicted octanol–water partition coefficient (Wildman–Crippen LogP) is 3.57. The Labute approximate surface area is 114 Å². The van der Waals surface area contributed by atoms with Crippen molar-refractivity contribution in [2.24, 2.45) is 5.92 Å². The molecule has 0 radical (unpaired) electrons. The fraction of sp³-hybridized carbons (Fsp3) is 0.583. The third-order valence-corrected chi connectivity index (χ3v) is 4.04. The first kappa shape index (κ1) is 13.0. The van der Waals surface area contributed by atoms with E-state index >= 15 is 0 Å². The monoisotopic (exact) mass is 319 g/mol. The van der Waals surface area contributed by atoms with Crippen LogP contribution in [0.1, 0.15) is 36.2 Å². The highest BCUT2D eigenvalue weighted by Gasteiger charge is 2.26. The standard InChI is InChI=1S/C12H15BrClNO2/c13-11-6-5-10(17-11)12(16)15-9-4-2-1-3-8(9)7-14/h5-6,8-9H,1-4,7H2,(H,15,16). The summed E-state index contributed by atoms with van der Waals surface area (Å²) >= 11 is 9.11. The molecule has 1 aromatic heterocycles. The molecule has 1 fully saturated rings. The lowest BCUT2D eigenvalue weighted by Gasteiger charge is -2.30. The maximum Gasteiger partial charge on any atom is 0.287 e. The van der Waals surface area contributed by atoms with E-state index in [-0.39, 0.29) is 11.9 Å². The molecular formula is C12H15BrClNO2. The van der Waals surface area contributed by atoms with E-state index in [1.54, 1.807) is 12.1 Å². The third kappa shape index (κ3) is 3.26. The Morgan fingerprint density at radius 1 is 1.47 bits per heavy atom. The van der Waals surface area contributed by atoms with Crippen molar-refractivity contribution in [1.29, 1.82) is 0 Å². The number of nitrogens with one attached hydrogen (secondary N) is 1. The van der Waals surface area contributed by atoms with Crippen molar-refractivity contribution in [3.05, 3.63) is 22.6 Å². The summed E-state index contributed by atoms with van der Waals surface area (Å²) in [5.41, 5.74) is 0. The topological polar surface area (TPSA) is 42.2 Å². The van der Waals surface area contributed by atoms with Crippen LogP contribution < -0.4 is 5.32 Å². The van der Waals surface area contributed by atoms with Gasteiger partial charge in [-0.15, -0.1) is 11.6 Å². The van der Waals surface area contributed by atoms with Crippen LogP contribution in [0.4, 0.5) is 0 Å². The summed E-state index contributed by atoms with van der Waals surface area (Å²) in [5, 5.41) is 3.01. The van der Waals surface area contributed by atoms with Gasteiger partial charge < -0.3 is 9.73 Å². The van der Waals surface area contributed by atoms with Gasteiger partial charge in [0.1, 0.15) is 0 Å². The summed E-state index contributed by atoms with van der Waals surface area (Å²) in [6.45, 7) is 0. The van der Waals surface area contributed by atoms with Gasteiger partial charge in [0.15, 0.2) is 10.4 Å². The molecule has 17 heavy (non-hydrogen) atoms. The molecule has 0 bridgehead atoms. The van der Waals surface area contributed by atoms with Crippen LogP contribution in [0, 0.1) is 5.92 Å². The Balaban J connectivity index is 1.97. The van der Waals surface area contributed by atoms with Crippen LogP contribution in [0.25, 0.3) is 0 Å². The molecule has 1 N–H and O–H groups in total. The van der Waals surface area contributed by atoms with Crippen molar-refractivity contribution in [2.45, 2.75) is 31.7 Å². The number of hydrogen-bond acceptors (Lipinski definition) is 2. The van der Waals surface area contributed by atoms with Crippen molar-refractivity contribution in [3.8, 4) is 0 Å². The predicted molar refractivity (Wildman–Crippen MR) is 70.3 cm³/mol. The molecule has 0 aromatic carbocycles. The van der Waals surface area contributed by atoms with Gasteiger partial charge >= 0.3 is 0 Å². The second-order valence-electron chi connectivity index (χ2n) is 4.38. The third-order valence-electron chi connectivity index (χ3n) is 3.22. The average Bonchev–Trinajstić information content (AvgIpc) is 2.77. The number of rotatable bonds is 3.